The van der Waals surface area contributed by atoms with Gasteiger partial charge in [0, 0.05) is 5.56 Å². The van der Waals surface area contributed by atoms with Gasteiger partial charge in [0.2, 0.25) is 0 Å². The van der Waals surface area contributed by atoms with Crippen LogP contribution in [0.25, 0.3) is 0 Å². The zero-order valence-electron chi connectivity index (χ0n) is 16.7. The Balaban J connectivity index is 1.74. The Morgan fingerprint density at radius 3 is 2.17 bits per heavy atom. The SMILES string of the molecule is COc1ccc([C@@]2(C)NC(=O)N(NC(=O)c3ccc(OC(C)C)cc3)C2=O)cc1. The summed E-state index contributed by atoms with van der Waals surface area (Å²) >= 11 is 0. The lowest BCUT2D eigenvalue weighted by Crippen LogP contribution is -2.47. The maximum atomic E-state index is 12.9. The number of hydrazine groups is 1. The van der Waals surface area contributed by atoms with Gasteiger partial charge in [0.25, 0.3) is 11.8 Å². The summed E-state index contributed by atoms with van der Waals surface area (Å²) in [7, 11) is 1.54. The number of nitrogens with one attached hydrogen (secondary N) is 2. The molecule has 0 aromatic heterocycles. The predicted octanol–water partition coefficient (Wildman–Crippen LogP) is 2.59. The van der Waals surface area contributed by atoms with E-state index in [2.05, 4.69) is 10.7 Å². The van der Waals surface area contributed by atoms with E-state index < -0.39 is 23.4 Å². The molecule has 2 aromatic rings. The van der Waals surface area contributed by atoms with Crippen LogP contribution < -0.4 is 20.2 Å². The number of rotatable bonds is 6. The average molecular weight is 397 g/mol. The lowest BCUT2D eigenvalue weighted by molar-refractivity contribution is -0.132. The van der Waals surface area contributed by atoms with Gasteiger partial charge in [-0.2, -0.15) is 5.01 Å². The van der Waals surface area contributed by atoms with E-state index in [0.29, 0.717) is 27.6 Å². The normalized spacial score (nSPS) is 18.6. The summed E-state index contributed by atoms with van der Waals surface area (Å²) in [6.45, 7) is 5.38. The Labute approximate surface area is 168 Å². The Morgan fingerprint density at radius 1 is 1.03 bits per heavy atom. The standard InChI is InChI=1S/C21H23N3O5/c1-13(2)29-17-9-5-14(6-10-17)18(25)23-24-19(26)21(3,22-20(24)27)15-7-11-16(28-4)12-8-15/h5-13H,1-4H3,(H,22,27)(H,23,25)/t21-/m1/s1. The van der Waals surface area contributed by atoms with Crippen molar-refractivity contribution in [3.05, 3.63) is 59.7 Å². The van der Waals surface area contributed by atoms with Crippen molar-refractivity contribution in [1.82, 2.24) is 15.8 Å². The Bertz CT molecular complexity index is 924. The van der Waals surface area contributed by atoms with Crippen LogP contribution in [-0.4, -0.2) is 36.1 Å². The van der Waals surface area contributed by atoms with Gasteiger partial charge in [0.1, 0.15) is 17.0 Å². The highest BCUT2D eigenvalue weighted by molar-refractivity contribution is 6.09. The summed E-state index contributed by atoms with van der Waals surface area (Å²) in [4.78, 5) is 37.8. The lowest BCUT2D eigenvalue weighted by atomic mass is 9.92. The van der Waals surface area contributed by atoms with Crippen molar-refractivity contribution in [2.75, 3.05) is 7.11 Å². The molecule has 0 aliphatic carbocycles. The zero-order chi connectivity index (χ0) is 21.2. The van der Waals surface area contributed by atoms with Gasteiger partial charge in [-0.1, -0.05) is 12.1 Å². The predicted molar refractivity (Wildman–Crippen MR) is 105 cm³/mol. The van der Waals surface area contributed by atoms with Crippen molar-refractivity contribution in [3.63, 3.8) is 0 Å². The molecular formula is C21H23N3O5. The van der Waals surface area contributed by atoms with Crippen molar-refractivity contribution in [2.24, 2.45) is 0 Å². The van der Waals surface area contributed by atoms with E-state index in [1.54, 1.807) is 55.5 Å². The van der Waals surface area contributed by atoms with Crippen LogP contribution >= 0.6 is 0 Å². The summed E-state index contributed by atoms with van der Waals surface area (Å²) in [5, 5.41) is 3.33. The number of ether oxygens (including phenoxy) is 2. The fourth-order valence-electron chi connectivity index (χ4n) is 2.98. The molecule has 1 atom stereocenters. The van der Waals surface area contributed by atoms with Crippen LogP contribution in [-0.2, 0) is 10.3 Å². The molecule has 8 heteroatoms. The van der Waals surface area contributed by atoms with Crippen molar-refractivity contribution in [3.8, 4) is 11.5 Å². The van der Waals surface area contributed by atoms with E-state index in [1.807, 2.05) is 13.8 Å². The number of nitrogens with zero attached hydrogens (tertiary/aromatic N) is 1. The van der Waals surface area contributed by atoms with Crippen molar-refractivity contribution >= 4 is 17.8 Å². The molecule has 152 valence electrons. The number of urea groups is 1. The summed E-state index contributed by atoms with van der Waals surface area (Å²) in [6.07, 6.45) is 0.0104. The summed E-state index contributed by atoms with van der Waals surface area (Å²) in [5.41, 5.74) is 1.93. The van der Waals surface area contributed by atoms with E-state index in [-0.39, 0.29) is 6.10 Å². The van der Waals surface area contributed by atoms with Gasteiger partial charge in [-0.3, -0.25) is 15.0 Å². The highest BCUT2D eigenvalue weighted by Crippen LogP contribution is 2.29. The van der Waals surface area contributed by atoms with Gasteiger partial charge < -0.3 is 14.8 Å². The van der Waals surface area contributed by atoms with Crippen molar-refractivity contribution in [2.45, 2.75) is 32.4 Å². The molecule has 0 radical (unpaired) electrons. The minimum atomic E-state index is -1.30. The molecule has 0 bridgehead atoms. The summed E-state index contributed by atoms with van der Waals surface area (Å²) in [6, 6.07) is 12.5. The maximum Gasteiger partial charge on any atom is 0.344 e. The Kier molecular flexibility index (Phi) is 5.45. The van der Waals surface area contributed by atoms with E-state index in [9.17, 15) is 14.4 Å². The first-order chi connectivity index (χ1) is 13.7. The molecule has 8 nitrogen and oxygen atoms in total. The molecule has 0 saturated carbocycles. The molecule has 4 amide bonds. The van der Waals surface area contributed by atoms with Gasteiger partial charge in [0.15, 0.2) is 0 Å². The monoisotopic (exact) mass is 397 g/mol. The molecule has 2 N–H and O–H groups in total. The van der Waals surface area contributed by atoms with E-state index in [0.717, 1.165) is 0 Å². The molecular weight excluding hydrogens is 374 g/mol. The minimum absolute atomic E-state index is 0.0104. The van der Waals surface area contributed by atoms with E-state index in [4.69, 9.17) is 9.47 Å². The molecule has 1 aliphatic heterocycles. The molecule has 29 heavy (non-hydrogen) atoms. The second-order valence-corrected chi connectivity index (χ2v) is 7.06. The fourth-order valence-corrected chi connectivity index (χ4v) is 2.98. The summed E-state index contributed by atoms with van der Waals surface area (Å²) in [5.74, 6) is 0.0900. The van der Waals surface area contributed by atoms with Crippen LogP contribution in [0.1, 0.15) is 36.7 Å². The van der Waals surface area contributed by atoms with Crippen LogP contribution in [0.15, 0.2) is 48.5 Å². The molecule has 3 rings (SSSR count). The largest absolute Gasteiger partial charge is 0.497 e. The molecule has 1 aliphatic rings. The zero-order valence-corrected chi connectivity index (χ0v) is 16.7. The second kappa shape index (κ2) is 7.83. The minimum Gasteiger partial charge on any atom is -0.497 e. The van der Waals surface area contributed by atoms with Crippen LogP contribution in [0.2, 0.25) is 0 Å². The Hall–Kier alpha value is -3.55. The topological polar surface area (TPSA) is 97.0 Å². The maximum absolute atomic E-state index is 12.9. The van der Waals surface area contributed by atoms with Crippen LogP contribution in [0, 0.1) is 0 Å². The van der Waals surface area contributed by atoms with Crippen molar-refractivity contribution < 1.29 is 23.9 Å². The molecule has 0 spiro atoms. The number of carbonyl (C=O) groups excluding carboxylic acids is 3. The second-order valence-electron chi connectivity index (χ2n) is 7.06. The number of methoxy groups -OCH3 is 1. The molecule has 2 aromatic carbocycles. The van der Waals surface area contributed by atoms with E-state index in [1.165, 1.54) is 7.11 Å². The van der Waals surface area contributed by atoms with Gasteiger partial charge in [-0.05, 0) is 62.7 Å². The van der Waals surface area contributed by atoms with Crippen LogP contribution in [0.4, 0.5) is 4.79 Å². The van der Waals surface area contributed by atoms with Crippen LogP contribution in [0.3, 0.4) is 0 Å². The third-order valence-electron chi connectivity index (χ3n) is 4.56. The molecule has 1 heterocycles. The average Bonchev–Trinajstić information content (AvgIpc) is 2.92. The number of amides is 4. The van der Waals surface area contributed by atoms with E-state index >= 15 is 0 Å². The quantitative estimate of drug-likeness (QED) is 0.731. The number of carbonyl (C=O) groups is 3. The molecule has 0 unspecified atom stereocenters. The molecule has 1 fully saturated rings. The van der Waals surface area contributed by atoms with Gasteiger partial charge >= 0.3 is 6.03 Å². The highest BCUT2D eigenvalue weighted by Gasteiger charge is 2.50. The van der Waals surface area contributed by atoms with Crippen molar-refractivity contribution in [1.29, 1.82) is 0 Å². The first kappa shape index (κ1) is 20.2. The third kappa shape index (κ3) is 4.01. The van der Waals surface area contributed by atoms with Gasteiger partial charge in [-0.25, -0.2) is 4.79 Å². The Morgan fingerprint density at radius 2 is 1.62 bits per heavy atom. The lowest BCUT2D eigenvalue weighted by Gasteiger charge is -2.22. The first-order valence-electron chi connectivity index (χ1n) is 9.13. The molecule has 1 saturated heterocycles. The fraction of sp³-hybridized carbons (Fsp3) is 0.286. The third-order valence-corrected chi connectivity index (χ3v) is 4.56. The van der Waals surface area contributed by atoms with Gasteiger partial charge in [-0.15, -0.1) is 0 Å². The first-order valence-corrected chi connectivity index (χ1v) is 9.13. The van der Waals surface area contributed by atoms with Gasteiger partial charge in [0.05, 0.1) is 13.2 Å². The number of benzene rings is 2. The summed E-state index contributed by atoms with van der Waals surface area (Å²) < 4.78 is 10.7. The van der Waals surface area contributed by atoms with Crippen LogP contribution in [0.5, 0.6) is 11.5 Å². The number of imide groups is 1. The number of hydrogen-bond donors (Lipinski definition) is 2. The number of hydrogen-bond acceptors (Lipinski definition) is 5. The highest BCUT2D eigenvalue weighted by atomic mass is 16.5. The smallest absolute Gasteiger partial charge is 0.344 e.